The monoisotopic (exact) mass is 295 g/mol. The van der Waals surface area contributed by atoms with Gasteiger partial charge in [0.2, 0.25) is 5.91 Å². The summed E-state index contributed by atoms with van der Waals surface area (Å²) in [6.07, 6.45) is 2.60. The number of amides is 1. The highest BCUT2D eigenvalue weighted by atomic mass is 16.4. The van der Waals surface area contributed by atoms with Gasteiger partial charge in [0.15, 0.2) is 0 Å². The average molecular weight is 295 g/mol. The van der Waals surface area contributed by atoms with Crippen molar-refractivity contribution in [2.75, 3.05) is 6.54 Å². The number of carboxylic acids is 1. The molecular weight excluding hydrogens is 278 g/mol. The third-order valence-corrected chi connectivity index (χ3v) is 3.67. The first-order chi connectivity index (χ1) is 9.90. The Bertz CT molecular complexity index is 675. The molecule has 1 amide bonds. The molecule has 1 aromatic heterocycles. The highest BCUT2D eigenvalue weighted by molar-refractivity contribution is 5.77. The van der Waals surface area contributed by atoms with Crippen LogP contribution < -0.4 is 11.2 Å². The first-order valence-corrected chi connectivity index (χ1v) is 6.68. The molecule has 21 heavy (non-hydrogen) atoms. The number of aliphatic carboxylic acids is 1. The number of rotatable bonds is 4. The van der Waals surface area contributed by atoms with Crippen molar-refractivity contribution in [2.45, 2.75) is 31.8 Å². The SMILES string of the molecule is Cn1c(=O)ccn(CC(=O)N2CCCC2CC(=O)O)c1=O. The summed E-state index contributed by atoms with van der Waals surface area (Å²) in [6.45, 7) is 0.306. The summed E-state index contributed by atoms with van der Waals surface area (Å²) >= 11 is 0. The quantitative estimate of drug-likeness (QED) is 0.768. The van der Waals surface area contributed by atoms with Gasteiger partial charge < -0.3 is 10.0 Å². The maximum Gasteiger partial charge on any atom is 0.331 e. The number of carboxylic acid groups (broad SMARTS) is 1. The van der Waals surface area contributed by atoms with E-state index < -0.39 is 17.2 Å². The maximum absolute atomic E-state index is 12.2. The van der Waals surface area contributed by atoms with Crippen molar-refractivity contribution in [2.24, 2.45) is 7.05 Å². The van der Waals surface area contributed by atoms with Crippen LogP contribution in [0.5, 0.6) is 0 Å². The Hall–Kier alpha value is -2.38. The van der Waals surface area contributed by atoms with Gasteiger partial charge in [0.05, 0.1) is 6.42 Å². The molecule has 1 N–H and O–H groups in total. The Morgan fingerprint density at radius 1 is 1.38 bits per heavy atom. The van der Waals surface area contributed by atoms with Crippen LogP contribution in [-0.2, 0) is 23.2 Å². The average Bonchev–Trinajstić information content (AvgIpc) is 2.86. The summed E-state index contributed by atoms with van der Waals surface area (Å²) in [5, 5.41) is 8.84. The highest BCUT2D eigenvalue weighted by Gasteiger charge is 2.30. The molecule has 2 rings (SSSR count). The number of carbonyl (C=O) groups excluding carboxylic acids is 1. The van der Waals surface area contributed by atoms with Crippen LogP contribution in [0.3, 0.4) is 0 Å². The first-order valence-electron chi connectivity index (χ1n) is 6.68. The third kappa shape index (κ3) is 3.21. The van der Waals surface area contributed by atoms with E-state index in [0.29, 0.717) is 13.0 Å². The number of aromatic nitrogens is 2. The van der Waals surface area contributed by atoms with Gasteiger partial charge in [-0.2, -0.15) is 0 Å². The maximum atomic E-state index is 12.2. The molecule has 0 aliphatic carbocycles. The highest BCUT2D eigenvalue weighted by Crippen LogP contribution is 2.20. The largest absolute Gasteiger partial charge is 0.481 e. The van der Waals surface area contributed by atoms with Crippen molar-refractivity contribution >= 4 is 11.9 Å². The number of likely N-dealkylation sites (tertiary alicyclic amines) is 1. The molecule has 0 saturated carbocycles. The molecule has 114 valence electrons. The lowest BCUT2D eigenvalue weighted by molar-refractivity contribution is -0.140. The van der Waals surface area contributed by atoms with E-state index >= 15 is 0 Å². The van der Waals surface area contributed by atoms with Crippen LogP contribution in [0.1, 0.15) is 19.3 Å². The third-order valence-electron chi connectivity index (χ3n) is 3.67. The molecule has 8 nitrogen and oxygen atoms in total. The zero-order valence-corrected chi connectivity index (χ0v) is 11.7. The van der Waals surface area contributed by atoms with Gasteiger partial charge >= 0.3 is 11.7 Å². The van der Waals surface area contributed by atoms with Crippen LogP contribution in [0.15, 0.2) is 21.9 Å². The van der Waals surface area contributed by atoms with Crippen molar-refractivity contribution in [3.05, 3.63) is 33.1 Å². The van der Waals surface area contributed by atoms with Crippen molar-refractivity contribution in [3.8, 4) is 0 Å². The Labute approximate surface area is 120 Å². The fourth-order valence-electron chi connectivity index (χ4n) is 2.55. The van der Waals surface area contributed by atoms with E-state index in [0.717, 1.165) is 15.6 Å². The Kier molecular flexibility index (Phi) is 4.25. The smallest absolute Gasteiger partial charge is 0.331 e. The second-order valence-corrected chi connectivity index (χ2v) is 5.10. The van der Waals surface area contributed by atoms with E-state index in [1.807, 2.05) is 0 Å². The predicted octanol–water partition coefficient (Wildman–Crippen LogP) is -0.987. The predicted molar refractivity (Wildman–Crippen MR) is 72.9 cm³/mol. The van der Waals surface area contributed by atoms with Crippen LogP contribution in [0.25, 0.3) is 0 Å². The van der Waals surface area contributed by atoms with E-state index in [-0.39, 0.29) is 24.9 Å². The van der Waals surface area contributed by atoms with Crippen molar-refractivity contribution in [3.63, 3.8) is 0 Å². The topological polar surface area (TPSA) is 102 Å². The molecule has 1 aliphatic heterocycles. The standard InChI is InChI=1S/C13H17N3O5/c1-14-10(17)4-6-15(13(14)21)8-11(18)16-5-2-3-9(16)7-12(19)20/h4,6,9H,2-3,5,7-8H2,1H3,(H,19,20). The molecule has 0 bridgehead atoms. The zero-order chi connectivity index (χ0) is 15.6. The Balaban J connectivity index is 2.15. The minimum atomic E-state index is -0.945. The molecule has 1 saturated heterocycles. The van der Waals surface area contributed by atoms with E-state index in [1.165, 1.54) is 24.2 Å². The molecule has 0 aromatic carbocycles. The van der Waals surface area contributed by atoms with Crippen molar-refractivity contribution in [1.29, 1.82) is 0 Å². The molecule has 0 radical (unpaired) electrons. The molecule has 2 heterocycles. The Morgan fingerprint density at radius 2 is 2.10 bits per heavy atom. The van der Waals surface area contributed by atoms with Crippen LogP contribution in [0.2, 0.25) is 0 Å². The van der Waals surface area contributed by atoms with E-state index in [9.17, 15) is 19.2 Å². The summed E-state index contributed by atoms with van der Waals surface area (Å²) in [5.74, 6) is -1.25. The van der Waals surface area contributed by atoms with Crippen LogP contribution in [0.4, 0.5) is 0 Å². The first kappa shape index (κ1) is 15.0. The van der Waals surface area contributed by atoms with Gasteiger partial charge in [-0.05, 0) is 12.8 Å². The van der Waals surface area contributed by atoms with Crippen LogP contribution >= 0.6 is 0 Å². The van der Waals surface area contributed by atoms with Gasteiger partial charge in [-0.15, -0.1) is 0 Å². The van der Waals surface area contributed by atoms with Gasteiger partial charge in [-0.25, -0.2) is 4.79 Å². The summed E-state index contributed by atoms with van der Waals surface area (Å²) in [7, 11) is 1.34. The summed E-state index contributed by atoms with van der Waals surface area (Å²) < 4.78 is 2.08. The lowest BCUT2D eigenvalue weighted by Gasteiger charge is -2.23. The van der Waals surface area contributed by atoms with Gasteiger partial charge in [0.25, 0.3) is 5.56 Å². The summed E-state index contributed by atoms with van der Waals surface area (Å²) in [6, 6.07) is 0.895. The van der Waals surface area contributed by atoms with E-state index in [2.05, 4.69) is 0 Å². The van der Waals surface area contributed by atoms with E-state index in [1.54, 1.807) is 0 Å². The van der Waals surface area contributed by atoms with Gasteiger partial charge in [-0.3, -0.25) is 23.5 Å². The Morgan fingerprint density at radius 3 is 2.76 bits per heavy atom. The normalized spacial score (nSPS) is 18.0. The number of hydrogen-bond acceptors (Lipinski definition) is 4. The summed E-state index contributed by atoms with van der Waals surface area (Å²) in [5.41, 5.74) is -1.00. The van der Waals surface area contributed by atoms with Crippen LogP contribution in [0, 0.1) is 0 Å². The molecule has 1 aromatic rings. The summed E-state index contributed by atoms with van der Waals surface area (Å²) in [4.78, 5) is 47.7. The fourth-order valence-corrected chi connectivity index (χ4v) is 2.55. The molecule has 1 atom stereocenters. The second kappa shape index (κ2) is 5.94. The lowest BCUT2D eigenvalue weighted by atomic mass is 10.1. The van der Waals surface area contributed by atoms with Crippen LogP contribution in [-0.4, -0.2) is 43.6 Å². The minimum Gasteiger partial charge on any atom is -0.481 e. The van der Waals surface area contributed by atoms with Gasteiger partial charge in [-0.1, -0.05) is 0 Å². The molecule has 1 unspecified atom stereocenters. The van der Waals surface area contributed by atoms with Crippen molar-refractivity contribution < 1.29 is 14.7 Å². The second-order valence-electron chi connectivity index (χ2n) is 5.10. The minimum absolute atomic E-state index is 0.0894. The molecule has 8 heteroatoms. The zero-order valence-electron chi connectivity index (χ0n) is 11.7. The fraction of sp³-hybridized carbons (Fsp3) is 0.538. The lowest BCUT2D eigenvalue weighted by Crippen LogP contribution is -2.43. The molecule has 1 aliphatic rings. The number of nitrogens with zero attached hydrogens (tertiary/aromatic N) is 3. The number of carbonyl (C=O) groups is 2. The van der Waals surface area contributed by atoms with Gasteiger partial charge in [0, 0.05) is 31.9 Å². The number of hydrogen-bond donors (Lipinski definition) is 1. The van der Waals surface area contributed by atoms with Crippen molar-refractivity contribution in [1.82, 2.24) is 14.0 Å². The molecule has 0 spiro atoms. The van der Waals surface area contributed by atoms with E-state index in [4.69, 9.17) is 5.11 Å². The molecule has 1 fully saturated rings. The van der Waals surface area contributed by atoms with Gasteiger partial charge in [0.1, 0.15) is 6.54 Å². The molecular formula is C13H17N3O5.